The van der Waals surface area contributed by atoms with Crippen molar-refractivity contribution in [2.45, 2.75) is 12.6 Å². The van der Waals surface area contributed by atoms with Crippen LogP contribution < -0.4 is 10.6 Å². The Morgan fingerprint density at radius 1 is 0.929 bits per heavy atom. The van der Waals surface area contributed by atoms with Crippen LogP contribution in [0, 0.1) is 0 Å². The van der Waals surface area contributed by atoms with E-state index in [-0.39, 0.29) is 23.6 Å². The Balaban J connectivity index is 1.68. The lowest BCUT2D eigenvalue weighted by Crippen LogP contribution is -2.16. The Morgan fingerprint density at radius 2 is 1.64 bits per heavy atom. The fourth-order valence-electron chi connectivity index (χ4n) is 2.50. The predicted octanol–water partition coefficient (Wildman–Crippen LogP) is 5.20. The van der Waals surface area contributed by atoms with Crippen LogP contribution in [0.4, 0.5) is 24.5 Å². The van der Waals surface area contributed by atoms with Gasteiger partial charge in [0, 0.05) is 16.9 Å². The van der Waals surface area contributed by atoms with Crippen molar-refractivity contribution in [3.8, 4) is 0 Å². The highest BCUT2D eigenvalue weighted by Crippen LogP contribution is 2.30. The zero-order chi connectivity index (χ0) is 20.1. The molecule has 2 N–H and O–H groups in total. The fraction of sp³-hybridized carbons (Fsp3) is 0.100. The number of rotatable bonds is 5. The Kier molecular flexibility index (Phi) is 5.79. The molecule has 144 valence electrons. The molecule has 1 aromatic heterocycles. The van der Waals surface area contributed by atoms with E-state index in [4.69, 9.17) is 0 Å². The second-order valence-corrected chi connectivity index (χ2v) is 6.75. The molecule has 0 spiro atoms. The highest BCUT2D eigenvalue weighted by molar-refractivity contribution is 7.08. The first kappa shape index (κ1) is 19.6. The van der Waals surface area contributed by atoms with Gasteiger partial charge in [0.2, 0.25) is 5.91 Å². The van der Waals surface area contributed by atoms with Crippen LogP contribution in [0.25, 0.3) is 0 Å². The van der Waals surface area contributed by atoms with Crippen molar-refractivity contribution in [2.75, 3.05) is 10.6 Å². The molecule has 0 aliphatic carbocycles. The molecule has 28 heavy (non-hydrogen) atoms. The standard InChI is InChI=1S/C20H15F3N2O2S/c21-20(22,23)15-4-2-6-17(11-15)25-19(27)14-3-1-5-16(10-14)24-18(26)9-13-7-8-28-12-13/h1-8,10-12H,9H2,(H,24,26)(H,25,27). The van der Waals surface area contributed by atoms with Gasteiger partial charge in [-0.2, -0.15) is 24.5 Å². The summed E-state index contributed by atoms with van der Waals surface area (Å²) in [7, 11) is 0. The van der Waals surface area contributed by atoms with Crippen LogP contribution in [0.1, 0.15) is 21.5 Å². The molecular weight excluding hydrogens is 389 g/mol. The topological polar surface area (TPSA) is 58.2 Å². The van der Waals surface area contributed by atoms with Gasteiger partial charge < -0.3 is 10.6 Å². The van der Waals surface area contributed by atoms with Gasteiger partial charge in [-0.3, -0.25) is 9.59 Å². The molecule has 0 atom stereocenters. The number of nitrogens with one attached hydrogen (secondary N) is 2. The third-order valence-corrected chi connectivity index (χ3v) is 4.53. The number of carbonyl (C=O) groups is 2. The first-order chi connectivity index (χ1) is 13.3. The molecule has 8 heteroatoms. The number of alkyl halides is 3. The highest BCUT2D eigenvalue weighted by Gasteiger charge is 2.30. The minimum absolute atomic E-state index is 0.0340. The van der Waals surface area contributed by atoms with Crippen molar-refractivity contribution in [3.63, 3.8) is 0 Å². The zero-order valence-corrected chi connectivity index (χ0v) is 15.2. The van der Waals surface area contributed by atoms with Crippen LogP contribution in [-0.2, 0) is 17.4 Å². The molecule has 2 amide bonds. The number of anilines is 2. The smallest absolute Gasteiger partial charge is 0.326 e. The van der Waals surface area contributed by atoms with Gasteiger partial charge in [-0.05, 0) is 58.8 Å². The first-order valence-electron chi connectivity index (χ1n) is 8.21. The van der Waals surface area contributed by atoms with E-state index in [0.29, 0.717) is 5.69 Å². The van der Waals surface area contributed by atoms with Gasteiger partial charge in [0.25, 0.3) is 5.91 Å². The summed E-state index contributed by atoms with van der Waals surface area (Å²) < 4.78 is 38.4. The SMILES string of the molecule is O=C(Cc1ccsc1)Nc1cccc(C(=O)Nc2cccc(C(F)(F)F)c2)c1. The molecular formula is C20H15F3N2O2S. The fourth-order valence-corrected chi connectivity index (χ4v) is 3.17. The van der Waals surface area contributed by atoms with E-state index >= 15 is 0 Å². The quantitative estimate of drug-likeness (QED) is 0.614. The number of hydrogen-bond donors (Lipinski definition) is 2. The third-order valence-electron chi connectivity index (χ3n) is 3.80. The van der Waals surface area contributed by atoms with Crippen LogP contribution in [0.15, 0.2) is 65.4 Å². The summed E-state index contributed by atoms with van der Waals surface area (Å²) in [4.78, 5) is 24.4. The summed E-state index contributed by atoms with van der Waals surface area (Å²) in [6.07, 6.45) is -4.28. The number of carbonyl (C=O) groups excluding carboxylic acids is 2. The molecule has 0 aliphatic rings. The van der Waals surface area contributed by atoms with Gasteiger partial charge in [-0.1, -0.05) is 12.1 Å². The molecule has 0 aliphatic heterocycles. The molecule has 0 unspecified atom stereocenters. The lowest BCUT2D eigenvalue weighted by molar-refractivity contribution is -0.137. The van der Waals surface area contributed by atoms with Gasteiger partial charge in [0.05, 0.1) is 12.0 Å². The average molecular weight is 404 g/mol. The van der Waals surface area contributed by atoms with Crippen LogP contribution >= 0.6 is 11.3 Å². The molecule has 0 saturated heterocycles. The Morgan fingerprint density at radius 3 is 2.32 bits per heavy atom. The van der Waals surface area contributed by atoms with Crippen molar-refractivity contribution in [2.24, 2.45) is 0 Å². The van der Waals surface area contributed by atoms with Gasteiger partial charge >= 0.3 is 6.18 Å². The zero-order valence-electron chi connectivity index (χ0n) is 14.4. The predicted molar refractivity (Wildman–Crippen MR) is 102 cm³/mol. The minimum Gasteiger partial charge on any atom is -0.326 e. The summed E-state index contributed by atoms with van der Waals surface area (Å²) in [6.45, 7) is 0. The lowest BCUT2D eigenvalue weighted by Gasteiger charge is -2.11. The molecule has 3 rings (SSSR count). The maximum atomic E-state index is 12.8. The van der Waals surface area contributed by atoms with Crippen LogP contribution in [0.3, 0.4) is 0 Å². The summed E-state index contributed by atoms with van der Waals surface area (Å²) in [6, 6.07) is 12.4. The monoisotopic (exact) mass is 404 g/mol. The van der Waals surface area contributed by atoms with Gasteiger partial charge in [-0.25, -0.2) is 0 Å². The van der Waals surface area contributed by atoms with E-state index in [0.717, 1.165) is 17.7 Å². The van der Waals surface area contributed by atoms with Gasteiger partial charge in [0.15, 0.2) is 0 Å². The summed E-state index contributed by atoms with van der Waals surface area (Å²) >= 11 is 1.49. The Bertz CT molecular complexity index is 985. The van der Waals surface area contributed by atoms with Crippen molar-refractivity contribution in [1.29, 1.82) is 0 Å². The summed E-state index contributed by atoms with van der Waals surface area (Å²) in [5.74, 6) is -0.804. The van der Waals surface area contributed by atoms with Crippen molar-refractivity contribution in [3.05, 3.63) is 82.0 Å². The molecule has 3 aromatic rings. The average Bonchev–Trinajstić information content (AvgIpc) is 3.14. The number of benzene rings is 2. The maximum absolute atomic E-state index is 12.8. The van der Waals surface area contributed by atoms with E-state index in [2.05, 4.69) is 10.6 Å². The molecule has 0 radical (unpaired) electrons. The van der Waals surface area contributed by atoms with Crippen molar-refractivity contribution < 1.29 is 22.8 Å². The van der Waals surface area contributed by atoms with Crippen LogP contribution in [0.2, 0.25) is 0 Å². The summed E-state index contributed by atoms with van der Waals surface area (Å²) in [5, 5.41) is 8.89. The molecule has 2 aromatic carbocycles. The molecule has 0 saturated carbocycles. The van der Waals surface area contributed by atoms with E-state index in [1.165, 1.54) is 35.6 Å². The third kappa shape index (κ3) is 5.20. The second kappa shape index (κ2) is 8.26. The molecule has 4 nitrogen and oxygen atoms in total. The van der Waals surface area contributed by atoms with E-state index in [1.54, 1.807) is 12.1 Å². The summed E-state index contributed by atoms with van der Waals surface area (Å²) in [5.41, 5.74) is 0.718. The normalized spacial score (nSPS) is 11.1. The molecule has 0 bridgehead atoms. The van der Waals surface area contributed by atoms with Crippen LogP contribution in [0.5, 0.6) is 0 Å². The Labute approximate surface area is 163 Å². The number of amides is 2. The first-order valence-corrected chi connectivity index (χ1v) is 9.15. The van der Waals surface area contributed by atoms with Crippen molar-refractivity contribution >= 4 is 34.5 Å². The van der Waals surface area contributed by atoms with Gasteiger partial charge in [-0.15, -0.1) is 0 Å². The van der Waals surface area contributed by atoms with E-state index in [9.17, 15) is 22.8 Å². The highest BCUT2D eigenvalue weighted by atomic mass is 32.1. The van der Waals surface area contributed by atoms with E-state index in [1.807, 2.05) is 16.8 Å². The Hall–Kier alpha value is -3.13. The minimum atomic E-state index is -4.49. The molecule has 1 heterocycles. The second-order valence-electron chi connectivity index (χ2n) is 5.97. The molecule has 0 fully saturated rings. The maximum Gasteiger partial charge on any atom is 0.416 e. The largest absolute Gasteiger partial charge is 0.416 e. The van der Waals surface area contributed by atoms with Gasteiger partial charge in [0.1, 0.15) is 0 Å². The lowest BCUT2D eigenvalue weighted by atomic mass is 10.1. The number of thiophene rings is 1. The van der Waals surface area contributed by atoms with E-state index < -0.39 is 17.6 Å². The number of hydrogen-bond acceptors (Lipinski definition) is 3. The number of halogens is 3. The van der Waals surface area contributed by atoms with Crippen molar-refractivity contribution in [1.82, 2.24) is 0 Å². The van der Waals surface area contributed by atoms with Crippen LogP contribution in [-0.4, -0.2) is 11.8 Å².